The van der Waals surface area contributed by atoms with Crippen molar-refractivity contribution in [1.29, 1.82) is 0 Å². The molecule has 1 N–H and O–H groups in total. The fraction of sp³-hybridized carbons (Fsp3) is 0.600. The van der Waals surface area contributed by atoms with Crippen molar-refractivity contribution in [3.05, 3.63) is 0 Å². The van der Waals surface area contributed by atoms with E-state index in [-0.39, 0.29) is 18.9 Å². The number of hydrogen-bond donors (Lipinski definition) is 1. The third-order valence-electron chi connectivity index (χ3n) is 0.840. The van der Waals surface area contributed by atoms with Gasteiger partial charge in [0.2, 0.25) is 13.7 Å². The van der Waals surface area contributed by atoms with Crippen LogP contribution < -0.4 is 0 Å². The molecule has 4 nitrogen and oxygen atoms in total. The van der Waals surface area contributed by atoms with Crippen molar-refractivity contribution in [2.45, 2.75) is 12.8 Å². The van der Waals surface area contributed by atoms with Crippen LogP contribution in [0, 0.1) is 0 Å². The molecule has 0 saturated carbocycles. The van der Waals surface area contributed by atoms with E-state index >= 15 is 0 Å². The molecule has 0 heterocycles. The molecule has 0 aromatic carbocycles. The van der Waals surface area contributed by atoms with Crippen molar-refractivity contribution in [2.75, 3.05) is 6.61 Å². The number of aliphatic carboxylic acids is 1. The molecule has 0 radical (unpaired) electrons. The molecule has 0 aromatic heterocycles. The predicted octanol–water partition coefficient (Wildman–Crippen LogP) is -0.379. The number of carboxylic acids is 1. The van der Waals surface area contributed by atoms with E-state index in [2.05, 4.69) is 4.74 Å². The first-order chi connectivity index (χ1) is 4.63. The third-order valence-corrected chi connectivity index (χ3v) is 0.840. The lowest BCUT2D eigenvalue weighted by Gasteiger charge is -1.97. The van der Waals surface area contributed by atoms with Crippen molar-refractivity contribution >= 4 is 19.7 Å². The topological polar surface area (TPSA) is 63.6 Å². The zero-order valence-corrected chi connectivity index (χ0v) is 5.79. The average Bonchev–Trinajstić information content (AvgIpc) is 1.79. The van der Waals surface area contributed by atoms with E-state index in [0.717, 1.165) is 0 Å². The van der Waals surface area contributed by atoms with Gasteiger partial charge >= 0.3 is 5.97 Å². The molecule has 0 aliphatic carbocycles. The summed E-state index contributed by atoms with van der Waals surface area (Å²) in [5, 5.41) is 8.14. The lowest BCUT2D eigenvalue weighted by Crippen LogP contribution is -2.04. The fourth-order valence-corrected chi connectivity index (χ4v) is 0.439. The second-order valence-corrected chi connectivity index (χ2v) is 1.84. The van der Waals surface area contributed by atoms with Crippen LogP contribution in [-0.2, 0) is 9.53 Å². The summed E-state index contributed by atoms with van der Waals surface area (Å²) in [7, 11) is 1.29. The van der Waals surface area contributed by atoms with E-state index in [4.69, 9.17) is 5.11 Å². The molecule has 0 aliphatic rings. The lowest BCUT2D eigenvalue weighted by atomic mass is 10.2. The Morgan fingerprint density at radius 2 is 2.10 bits per heavy atom. The number of carbonyl (C=O) groups excluding carboxylic acids is 1. The molecule has 56 valence electrons. The second kappa shape index (κ2) is 4.84. The van der Waals surface area contributed by atoms with Crippen LogP contribution in [0.15, 0.2) is 0 Å². The molecule has 0 amide bonds. The van der Waals surface area contributed by atoms with E-state index in [9.17, 15) is 9.59 Å². The Kier molecular flexibility index (Phi) is 4.36. The Bertz CT molecular complexity index is 118. The van der Waals surface area contributed by atoms with Gasteiger partial charge in [-0.25, -0.2) is 0 Å². The summed E-state index contributed by atoms with van der Waals surface area (Å²) in [6.45, 7) is 0.196. The van der Waals surface area contributed by atoms with Gasteiger partial charge in [0.25, 0.3) is 0 Å². The molecular formula is C5H9BO4. The van der Waals surface area contributed by atoms with Gasteiger partial charge in [0.1, 0.15) is 0 Å². The molecule has 5 heteroatoms. The molecule has 0 aliphatic heterocycles. The van der Waals surface area contributed by atoms with Gasteiger partial charge in [0.15, 0.2) is 0 Å². The van der Waals surface area contributed by atoms with Crippen LogP contribution >= 0.6 is 0 Å². The van der Waals surface area contributed by atoms with Crippen LogP contribution in [-0.4, -0.2) is 31.4 Å². The summed E-state index contributed by atoms with van der Waals surface area (Å²) in [4.78, 5) is 20.0. The summed E-state index contributed by atoms with van der Waals surface area (Å²) in [5.41, 5.74) is 0. The molecule has 0 unspecified atom stereocenters. The maximum Gasteiger partial charge on any atom is 0.303 e. The van der Waals surface area contributed by atoms with Crippen LogP contribution in [0.4, 0.5) is 4.79 Å². The molecule has 0 aromatic rings. The molecule has 0 spiro atoms. The number of carbonyl (C=O) groups is 2. The maximum atomic E-state index is 10.1. The normalized spacial score (nSPS) is 8.80. The zero-order valence-electron chi connectivity index (χ0n) is 5.79. The van der Waals surface area contributed by atoms with Gasteiger partial charge in [0, 0.05) is 6.42 Å². The predicted molar refractivity (Wildman–Crippen MR) is 36.8 cm³/mol. The minimum atomic E-state index is -0.868. The monoisotopic (exact) mass is 144 g/mol. The van der Waals surface area contributed by atoms with Crippen molar-refractivity contribution in [3.8, 4) is 0 Å². The zero-order chi connectivity index (χ0) is 7.98. The maximum absolute atomic E-state index is 10.1. The van der Waals surface area contributed by atoms with Crippen LogP contribution in [0.1, 0.15) is 12.8 Å². The first-order valence-electron chi connectivity index (χ1n) is 2.98. The van der Waals surface area contributed by atoms with Crippen molar-refractivity contribution in [3.63, 3.8) is 0 Å². The molecule has 0 bridgehead atoms. The largest absolute Gasteiger partial charge is 0.481 e. The Labute approximate surface area is 59.6 Å². The summed E-state index contributed by atoms with van der Waals surface area (Å²) in [5.74, 6) is -1.24. The van der Waals surface area contributed by atoms with Crippen molar-refractivity contribution in [2.24, 2.45) is 0 Å². The number of rotatable bonds is 4. The van der Waals surface area contributed by atoms with Crippen LogP contribution in [0.3, 0.4) is 0 Å². The molecule has 10 heavy (non-hydrogen) atoms. The van der Waals surface area contributed by atoms with E-state index < -0.39 is 5.97 Å². The summed E-state index contributed by atoms with van der Waals surface area (Å²) >= 11 is 0. The minimum Gasteiger partial charge on any atom is -0.481 e. The van der Waals surface area contributed by atoms with Gasteiger partial charge in [-0.05, 0) is 6.42 Å². The molecule has 0 rings (SSSR count). The Morgan fingerprint density at radius 3 is 2.50 bits per heavy atom. The molecule has 0 fully saturated rings. The minimum absolute atomic E-state index is 0.0489. The SMILES string of the molecule is BC(=O)OCCCC(=O)O. The second-order valence-electron chi connectivity index (χ2n) is 1.84. The van der Waals surface area contributed by atoms with Crippen molar-refractivity contribution in [1.82, 2.24) is 0 Å². The van der Waals surface area contributed by atoms with Gasteiger partial charge in [-0.3, -0.25) is 9.59 Å². The first-order valence-corrected chi connectivity index (χ1v) is 2.98. The third kappa shape index (κ3) is 7.00. The van der Waals surface area contributed by atoms with Gasteiger partial charge in [0.05, 0.1) is 6.61 Å². The molecule has 0 atom stereocenters. The van der Waals surface area contributed by atoms with E-state index in [0.29, 0.717) is 6.42 Å². The first kappa shape index (κ1) is 9.00. The smallest absolute Gasteiger partial charge is 0.303 e. The molecule has 0 saturated heterocycles. The highest BCUT2D eigenvalue weighted by atomic mass is 16.5. The fourth-order valence-electron chi connectivity index (χ4n) is 0.439. The summed E-state index contributed by atoms with van der Waals surface area (Å²) < 4.78 is 4.49. The standard InChI is InChI=1S/C5H9BO4/c6-5(9)10-3-1-2-4(7)8/h1-3,6H2,(H,7,8). The lowest BCUT2D eigenvalue weighted by molar-refractivity contribution is -0.137. The molecular weight excluding hydrogens is 135 g/mol. The average molecular weight is 144 g/mol. The van der Waals surface area contributed by atoms with E-state index in [1.807, 2.05) is 0 Å². The highest BCUT2D eigenvalue weighted by molar-refractivity contribution is 6.55. The quantitative estimate of drug-likeness (QED) is 0.431. The van der Waals surface area contributed by atoms with E-state index in [1.165, 1.54) is 7.85 Å². The summed E-state index contributed by atoms with van der Waals surface area (Å²) in [6.07, 6.45) is 0.433. The Balaban J connectivity index is 3.06. The summed E-state index contributed by atoms with van der Waals surface area (Å²) in [6, 6.07) is 0. The van der Waals surface area contributed by atoms with Crippen LogP contribution in [0.2, 0.25) is 0 Å². The van der Waals surface area contributed by atoms with Crippen LogP contribution in [0.25, 0.3) is 0 Å². The van der Waals surface area contributed by atoms with Gasteiger partial charge in [-0.2, -0.15) is 0 Å². The number of hydrogen-bond acceptors (Lipinski definition) is 3. The Hall–Kier alpha value is -0.995. The van der Waals surface area contributed by atoms with Crippen molar-refractivity contribution < 1.29 is 19.4 Å². The highest BCUT2D eigenvalue weighted by Gasteiger charge is 1.96. The van der Waals surface area contributed by atoms with E-state index in [1.54, 1.807) is 0 Å². The van der Waals surface area contributed by atoms with Gasteiger partial charge in [-0.15, -0.1) is 0 Å². The number of ether oxygens (including phenoxy) is 1. The van der Waals surface area contributed by atoms with Gasteiger partial charge < -0.3 is 9.84 Å². The Morgan fingerprint density at radius 1 is 1.50 bits per heavy atom. The van der Waals surface area contributed by atoms with Crippen LogP contribution in [0.5, 0.6) is 0 Å². The number of carboxylic acid groups (broad SMARTS) is 1. The van der Waals surface area contributed by atoms with Gasteiger partial charge in [-0.1, -0.05) is 0 Å². The highest BCUT2D eigenvalue weighted by Crippen LogP contribution is 1.89.